The standard InChI is InChI=1S/C28H36ClN3O5/c1-30(28(34)18-13-24(35-3)27(37-5)25(14-18)36-4)21-15-19-9-8-10-20(16-21)32(19)17-26(33)31(2)23-12-7-6-11-22(23)29/h6-7,11-14,19-21H,8-10,15-17H2,1-5H3. The quantitative estimate of drug-likeness (QED) is 0.502. The minimum atomic E-state index is -0.0923. The molecule has 2 aliphatic heterocycles. The first-order chi connectivity index (χ1) is 17.8. The molecule has 2 bridgehead atoms. The highest BCUT2D eigenvalue weighted by Crippen LogP contribution is 2.40. The molecular weight excluding hydrogens is 494 g/mol. The number of amides is 2. The van der Waals surface area contributed by atoms with Crippen LogP contribution in [0.2, 0.25) is 5.02 Å². The van der Waals surface area contributed by atoms with E-state index in [1.807, 2.05) is 30.1 Å². The summed E-state index contributed by atoms with van der Waals surface area (Å²) in [6, 6.07) is 11.3. The molecule has 0 aromatic heterocycles. The molecule has 2 aliphatic rings. The smallest absolute Gasteiger partial charge is 0.254 e. The van der Waals surface area contributed by atoms with E-state index < -0.39 is 0 Å². The van der Waals surface area contributed by atoms with E-state index in [0.29, 0.717) is 40.1 Å². The number of nitrogens with zero attached hydrogens (tertiary/aromatic N) is 3. The lowest BCUT2D eigenvalue weighted by atomic mass is 9.81. The Morgan fingerprint density at radius 2 is 1.57 bits per heavy atom. The van der Waals surface area contributed by atoms with Crippen LogP contribution in [0.25, 0.3) is 0 Å². The van der Waals surface area contributed by atoms with Gasteiger partial charge in [-0.05, 0) is 49.9 Å². The third-order valence-electron chi connectivity index (χ3n) is 7.79. The van der Waals surface area contributed by atoms with Crippen molar-refractivity contribution in [2.75, 3.05) is 46.9 Å². The van der Waals surface area contributed by atoms with Crippen molar-refractivity contribution in [3.05, 3.63) is 47.0 Å². The third-order valence-corrected chi connectivity index (χ3v) is 8.11. The van der Waals surface area contributed by atoms with E-state index in [2.05, 4.69) is 4.90 Å². The Bertz CT molecular complexity index is 1100. The van der Waals surface area contributed by atoms with Gasteiger partial charge in [0.1, 0.15) is 0 Å². The lowest BCUT2D eigenvalue weighted by molar-refractivity contribution is -0.122. The third kappa shape index (κ3) is 5.50. The molecule has 2 heterocycles. The number of fused-ring (bicyclic) bond motifs is 2. The summed E-state index contributed by atoms with van der Waals surface area (Å²) in [7, 11) is 8.25. The molecule has 9 heteroatoms. The Morgan fingerprint density at radius 3 is 2.11 bits per heavy atom. The molecule has 2 aromatic rings. The molecule has 37 heavy (non-hydrogen) atoms. The highest BCUT2D eigenvalue weighted by molar-refractivity contribution is 6.33. The van der Waals surface area contributed by atoms with Crippen molar-refractivity contribution in [1.29, 1.82) is 0 Å². The van der Waals surface area contributed by atoms with Gasteiger partial charge in [-0.1, -0.05) is 30.2 Å². The van der Waals surface area contributed by atoms with E-state index in [9.17, 15) is 9.59 Å². The Morgan fingerprint density at radius 1 is 0.973 bits per heavy atom. The number of rotatable bonds is 8. The molecule has 2 atom stereocenters. The lowest BCUT2D eigenvalue weighted by Crippen LogP contribution is -2.59. The van der Waals surface area contributed by atoms with Gasteiger partial charge in [-0.2, -0.15) is 0 Å². The minimum Gasteiger partial charge on any atom is -0.493 e. The van der Waals surface area contributed by atoms with Crippen LogP contribution in [0.1, 0.15) is 42.5 Å². The number of piperidine rings is 2. The van der Waals surface area contributed by atoms with Crippen LogP contribution in [0.15, 0.2) is 36.4 Å². The molecule has 0 saturated carbocycles. The lowest BCUT2D eigenvalue weighted by Gasteiger charge is -2.50. The fourth-order valence-corrected chi connectivity index (χ4v) is 5.98. The van der Waals surface area contributed by atoms with Gasteiger partial charge in [0.25, 0.3) is 5.91 Å². The van der Waals surface area contributed by atoms with Gasteiger partial charge in [-0.25, -0.2) is 0 Å². The maximum atomic E-state index is 13.5. The maximum absolute atomic E-state index is 13.5. The number of likely N-dealkylation sites (N-methyl/N-ethyl adjacent to an activating group) is 1. The van der Waals surface area contributed by atoms with Crippen LogP contribution in [0, 0.1) is 0 Å². The number of para-hydroxylation sites is 1. The second-order valence-corrected chi connectivity index (χ2v) is 10.2. The normalized spacial score (nSPS) is 21.2. The van der Waals surface area contributed by atoms with E-state index >= 15 is 0 Å². The molecular formula is C28H36ClN3O5. The van der Waals surface area contributed by atoms with Crippen molar-refractivity contribution in [3.8, 4) is 17.2 Å². The molecule has 8 nitrogen and oxygen atoms in total. The summed E-state index contributed by atoms with van der Waals surface area (Å²) in [4.78, 5) is 32.5. The molecule has 2 fully saturated rings. The van der Waals surface area contributed by atoms with Gasteiger partial charge in [0.2, 0.25) is 11.7 Å². The zero-order valence-electron chi connectivity index (χ0n) is 22.2. The van der Waals surface area contributed by atoms with Crippen LogP contribution in [-0.4, -0.2) is 81.7 Å². The number of carbonyl (C=O) groups is 2. The summed E-state index contributed by atoms with van der Waals surface area (Å²) in [5.74, 6) is 1.28. The van der Waals surface area contributed by atoms with E-state index in [1.54, 1.807) is 30.1 Å². The minimum absolute atomic E-state index is 0.0188. The first kappa shape index (κ1) is 27.1. The first-order valence-corrected chi connectivity index (χ1v) is 13.0. The molecule has 2 unspecified atom stereocenters. The van der Waals surface area contributed by atoms with Crippen molar-refractivity contribution in [1.82, 2.24) is 9.80 Å². The summed E-state index contributed by atoms with van der Waals surface area (Å²) in [6.45, 7) is 0.342. The fraction of sp³-hybridized carbons (Fsp3) is 0.500. The SMILES string of the molecule is COc1cc(C(=O)N(C)C2CC3CCCC(C2)N3CC(=O)N(C)c2ccccc2Cl)cc(OC)c1OC. The summed E-state index contributed by atoms with van der Waals surface area (Å²) in [5.41, 5.74) is 1.20. The molecule has 2 aromatic carbocycles. The van der Waals surface area contributed by atoms with Gasteiger partial charge < -0.3 is 24.0 Å². The predicted molar refractivity (Wildman–Crippen MR) is 144 cm³/mol. The molecule has 200 valence electrons. The van der Waals surface area contributed by atoms with Crippen LogP contribution >= 0.6 is 11.6 Å². The van der Waals surface area contributed by atoms with Crippen molar-refractivity contribution < 1.29 is 23.8 Å². The largest absolute Gasteiger partial charge is 0.493 e. The number of anilines is 1. The first-order valence-electron chi connectivity index (χ1n) is 12.6. The number of hydrogen-bond donors (Lipinski definition) is 0. The molecule has 2 saturated heterocycles. The van der Waals surface area contributed by atoms with Gasteiger partial charge in [0.05, 0.1) is 38.6 Å². The summed E-state index contributed by atoms with van der Waals surface area (Å²) in [5, 5.41) is 0.559. The topological polar surface area (TPSA) is 71.6 Å². The highest BCUT2D eigenvalue weighted by atomic mass is 35.5. The van der Waals surface area contributed by atoms with E-state index in [0.717, 1.165) is 32.1 Å². The van der Waals surface area contributed by atoms with Crippen LogP contribution in [-0.2, 0) is 4.79 Å². The average Bonchev–Trinajstić information content (AvgIpc) is 2.90. The van der Waals surface area contributed by atoms with Crippen molar-refractivity contribution >= 4 is 29.1 Å². The average molecular weight is 530 g/mol. The zero-order valence-corrected chi connectivity index (χ0v) is 23.0. The number of halogens is 1. The van der Waals surface area contributed by atoms with E-state index in [4.69, 9.17) is 25.8 Å². The summed E-state index contributed by atoms with van der Waals surface area (Å²) >= 11 is 6.32. The van der Waals surface area contributed by atoms with E-state index in [-0.39, 0.29) is 29.9 Å². The van der Waals surface area contributed by atoms with E-state index in [1.165, 1.54) is 21.3 Å². The Hall–Kier alpha value is -2.97. The Balaban J connectivity index is 1.47. The van der Waals surface area contributed by atoms with Crippen LogP contribution in [0.4, 0.5) is 5.69 Å². The molecule has 0 spiro atoms. The molecule has 2 amide bonds. The molecule has 0 N–H and O–H groups in total. The van der Waals surface area contributed by atoms with Gasteiger partial charge >= 0.3 is 0 Å². The van der Waals surface area contributed by atoms with Crippen molar-refractivity contribution in [2.45, 2.75) is 50.2 Å². The number of carbonyl (C=O) groups excluding carboxylic acids is 2. The highest BCUT2D eigenvalue weighted by Gasteiger charge is 2.41. The van der Waals surface area contributed by atoms with Gasteiger partial charge in [0.15, 0.2) is 11.5 Å². The molecule has 0 aliphatic carbocycles. The van der Waals surface area contributed by atoms with Gasteiger partial charge in [0, 0.05) is 37.8 Å². The number of ether oxygens (including phenoxy) is 3. The monoisotopic (exact) mass is 529 g/mol. The second kappa shape index (κ2) is 11.6. The zero-order chi connectivity index (χ0) is 26.7. The maximum Gasteiger partial charge on any atom is 0.254 e. The van der Waals surface area contributed by atoms with Gasteiger partial charge in [-0.15, -0.1) is 0 Å². The predicted octanol–water partition coefficient (Wildman–Crippen LogP) is 4.49. The summed E-state index contributed by atoms with van der Waals surface area (Å²) < 4.78 is 16.3. The molecule has 4 rings (SSSR count). The fourth-order valence-electron chi connectivity index (χ4n) is 5.72. The van der Waals surface area contributed by atoms with Crippen LogP contribution < -0.4 is 19.1 Å². The summed E-state index contributed by atoms with van der Waals surface area (Å²) in [6.07, 6.45) is 4.82. The van der Waals surface area contributed by atoms with Gasteiger partial charge in [-0.3, -0.25) is 14.5 Å². The number of benzene rings is 2. The van der Waals surface area contributed by atoms with Crippen molar-refractivity contribution in [2.24, 2.45) is 0 Å². The number of hydrogen-bond acceptors (Lipinski definition) is 6. The Labute approximate surface area is 224 Å². The van der Waals surface area contributed by atoms with Crippen LogP contribution in [0.5, 0.6) is 17.2 Å². The Kier molecular flexibility index (Phi) is 8.49. The second-order valence-electron chi connectivity index (χ2n) is 9.77. The molecule has 0 radical (unpaired) electrons. The van der Waals surface area contributed by atoms with Crippen molar-refractivity contribution in [3.63, 3.8) is 0 Å². The van der Waals surface area contributed by atoms with Crippen LogP contribution in [0.3, 0.4) is 0 Å². The number of methoxy groups -OCH3 is 3.